The monoisotopic (exact) mass is 580 g/mol. The van der Waals surface area contributed by atoms with Crippen LogP contribution in [0.25, 0.3) is 0 Å². The normalized spacial score (nSPS) is 16.6. The van der Waals surface area contributed by atoms with Crippen LogP contribution in [0.1, 0.15) is 82.1 Å². The summed E-state index contributed by atoms with van der Waals surface area (Å²) in [7, 11) is 1.71. The van der Waals surface area contributed by atoms with Gasteiger partial charge in [-0.2, -0.15) is 0 Å². The number of likely N-dealkylation sites (tertiary alicyclic amines) is 1. The number of nitrogens with one attached hydrogen (secondary N) is 1. The third-order valence-corrected chi connectivity index (χ3v) is 7.33. The third-order valence-electron chi connectivity index (χ3n) is 7.33. The van der Waals surface area contributed by atoms with Crippen molar-refractivity contribution in [2.24, 2.45) is 5.41 Å². The summed E-state index contributed by atoms with van der Waals surface area (Å²) in [6.07, 6.45) is 18.6. The van der Waals surface area contributed by atoms with E-state index in [-0.39, 0.29) is 26.1 Å². The molecule has 1 aliphatic heterocycles. The van der Waals surface area contributed by atoms with Gasteiger partial charge in [-0.3, -0.25) is 9.59 Å². The van der Waals surface area contributed by atoms with Crippen molar-refractivity contribution in [3.05, 3.63) is 89.5 Å². The van der Waals surface area contributed by atoms with Crippen molar-refractivity contribution in [2.75, 3.05) is 32.1 Å². The molecule has 2 aliphatic rings. The summed E-state index contributed by atoms with van der Waals surface area (Å²) < 4.78 is 11.4. The number of ketones is 1. The Hall–Kier alpha value is -3.38. The molecule has 0 atom stereocenters. The molecule has 1 aliphatic carbocycles. The zero-order chi connectivity index (χ0) is 31.0. The summed E-state index contributed by atoms with van der Waals surface area (Å²) in [5.41, 5.74) is 2.59. The highest BCUT2D eigenvalue weighted by atomic mass is 16.5. The Bertz CT molecular complexity index is 1150. The predicted molar refractivity (Wildman–Crippen MR) is 178 cm³/mol. The minimum Gasteiger partial charge on any atom is -0.501 e. The molecule has 234 valence electrons. The van der Waals surface area contributed by atoms with Crippen LogP contribution < -0.4 is 5.32 Å². The maximum Gasteiger partial charge on any atom is 0.255 e. The van der Waals surface area contributed by atoms with Crippen LogP contribution in [0.4, 0.5) is 5.69 Å². The molecule has 1 fully saturated rings. The number of amides is 1. The van der Waals surface area contributed by atoms with Gasteiger partial charge in [0.25, 0.3) is 5.91 Å². The van der Waals surface area contributed by atoms with Crippen molar-refractivity contribution in [2.45, 2.75) is 86.2 Å². The van der Waals surface area contributed by atoms with Gasteiger partial charge in [0.1, 0.15) is 23.4 Å². The van der Waals surface area contributed by atoms with Crippen molar-refractivity contribution in [1.29, 1.82) is 0 Å². The maximum absolute atomic E-state index is 12.7. The van der Waals surface area contributed by atoms with Crippen molar-refractivity contribution in [3.8, 4) is 0 Å². The van der Waals surface area contributed by atoms with E-state index in [0.717, 1.165) is 61.7 Å². The Morgan fingerprint density at radius 2 is 1.76 bits per heavy atom. The minimum atomic E-state index is -0.129. The number of rotatable bonds is 11. The van der Waals surface area contributed by atoms with Crippen LogP contribution in [0.15, 0.2) is 83.9 Å². The fourth-order valence-corrected chi connectivity index (χ4v) is 4.63. The van der Waals surface area contributed by atoms with E-state index in [1.807, 2.05) is 80.6 Å². The summed E-state index contributed by atoms with van der Waals surface area (Å²) in [4.78, 5) is 26.6. The number of carbonyl (C=O) groups excluding carboxylic acids is 2. The van der Waals surface area contributed by atoms with Crippen molar-refractivity contribution in [1.82, 2.24) is 4.90 Å². The highest BCUT2D eigenvalue weighted by molar-refractivity contribution is 6.05. The Kier molecular flexibility index (Phi) is 15.1. The lowest BCUT2D eigenvalue weighted by Gasteiger charge is -2.31. The zero-order valence-corrected chi connectivity index (χ0v) is 26.9. The van der Waals surface area contributed by atoms with Gasteiger partial charge < -0.3 is 19.7 Å². The predicted octanol–water partition coefficient (Wildman–Crippen LogP) is 8.44. The van der Waals surface area contributed by atoms with Gasteiger partial charge in [-0.25, -0.2) is 0 Å². The molecular formula is C36H56N2O4. The Morgan fingerprint density at radius 1 is 1.07 bits per heavy atom. The maximum atomic E-state index is 12.7. The summed E-state index contributed by atoms with van der Waals surface area (Å²) in [5.74, 6) is 2.00. The van der Waals surface area contributed by atoms with Crippen molar-refractivity contribution in [3.63, 3.8) is 0 Å². The first-order valence-electron chi connectivity index (χ1n) is 15.4. The average molecular weight is 581 g/mol. The van der Waals surface area contributed by atoms with Crippen molar-refractivity contribution >= 4 is 17.4 Å². The molecule has 6 nitrogen and oxygen atoms in total. The molecule has 0 bridgehead atoms. The fraction of sp³-hybridized carbons (Fsp3) is 0.500. The first kappa shape index (κ1) is 34.8. The molecule has 1 heterocycles. The number of nitrogens with zero attached hydrogens (tertiary/aromatic N) is 1. The molecular weight excluding hydrogens is 524 g/mol. The molecule has 1 aromatic rings. The first-order valence-corrected chi connectivity index (χ1v) is 15.4. The van der Waals surface area contributed by atoms with Gasteiger partial charge in [0.15, 0.2) is 0 Å². The number of anilines is 1. The van der Waals surface area contributed by atoms with E-state index < -0.39 is 0 Å². The van der Waals surface area contributed by atoms with Crippen LogP contribution in [-0.4, -0.2) is 49.4 Å². The van der Waals surface area contributed by atoms with E-state index in [1.54, 1.807) is 7.11 Å². The molecule has 6 heteroatoms. The summed E-state index contributed by atoms with van der Waals surface area (Å²) >= 11 is 0. The Labute approximate surface area is 257 Å². The number of hydrogen-bond donors (Lipinski definition) is 1. The van der Waals surface area contributed by atoms with Crippen LogP contribution >= 0.6 is 0 Å². The Balaban J connectivity index is 0.00000122. The number of carbonyl (C=O) groups is 2. The second-order valence-corrected chi connectivity index (χ2v) is 11.6. The molecule has 0 aromatic heterocycles. The molecule has 1 saturated heterocycles. The first-order chi connectivity index (χ1) is 20.1. The molecule has 0 spiro atoms. The highest BCUT2D eigenvalue weighted by Gasteiger charge is 2.20. The number of allylic oxidation sites excluding steroid dienone is 7. The van der Waals surface area contributed by atoms with Crippen LogP contribution in [-0.2, 0) is 25.5 Å². The summed E-state index contributed by atoms with van der Waals surface area (Å²) in [6.45, 7) is 15.7. The minimum absolute atomic E-state index is 0. The van der Waals surface area contributed by atoms with E-state index in [2.05, 4.69) is 37.9 Å². The molecule has 3 rings (SSSR count). The molecule has 0 unspecified atom stereocenters. The van der Waals surface area contributed by atoms with Gasteiger partial charge >= 0.3 is 0 Å². The van der Waals surface area contributed by atoms with Crippen LogP contribution in [0, 0.1) is 5.41 Å². The third kappa shape index (κ3) is 12.6. The smallest absolute Gasteiger partial charge is 0.255 e. The van der Waals surface area contributed by atoms with Crippen LogP contribution in [0.3, 0.4) is 0 Å². The molecule has 1 N–H and O–H groups in total. The number of benzene rings is 1. The van der Waals surface area contributed by atoms with E-state index >= 15 is 0 Å². The number of Topliss-reactive ketones (excluding diaryl/α,β-unsaturated/α-hetero) is 1. The summed E-state index contributed by atoms with van der Waals surface area (Å²) in [5, 5.41) is 2.96. The van der Waals surface area contributed by atoms with Gasteiger partial charge in [0.2, 0.25) is 0 Å². The van der Waals surface area contributed by atoms with Gasteiger partial charge in [0.05, 0.1) is 7.11 Å². The number of piperidine rings is 1. The molecule has 1 aromatic carbocycles. The lowest BCUT2D eigenvalue weighted by molar-refractivity contribution is -0.118. The summed E-state index contributed by atoms with van der Waals surface area (Å²) in [6, 6.07) is 7.71. The van der Waals surface area contributed by atoms with Crippen molar-refractivity contribution < 1.29 is 21.9 Å². The topological polar surface area (TPSA) is 67.9 Å². The van der Waals surface area contributed by atoms with Gasteiger partial charge in [-0.05, 0) is 81.2 Å². The fourth-order valence-electron chi connectivity index (χ4n) is 4.63. The molecule has 0 radical (unpaired) electrons. The second-order valence-electron chi connectivity index (χ2n) is 11.6. The Morgan fingerprint density at radius 3 is 2.33 bits per heavy atom. The standard InChI is InChI=1S/C26H34N2O3.C10H18O.2H2/c1-3-23(29)14-10-20-8-12-22(13-9-20)27-26(30)21-6-5-7-24(15-11-21)31-25-16-18-28(4-2)19-17-25;1-6-7-8-9(11-5)10(2,3)4;;/h6-9,11-13,15,25H,3-5,10,14,16-19H2,1-2H3,(H,27,30);6-8H,1-5H3;2*1H/b;7-6-,9-8-;;. The average Bonchev–Trinajstić information content (AvgIpc) is 3.22. The number of hydrogen-bond acceptors (Lipinski definition) is 5. The molecule has 1 amide bonds. The molecule has 0 saturated carbocycles. The quantitative estimate of drug-likeness (QED) is 0.210. The van der Waals surface area contributed by atoms with E-state index in [4.69, 9.17) is 9.47 Å². The van der Waals surface area contributed by atoms with Gasteiger partial charge in [-0.1, -0.05) is 65.0 Å². The number of ether oxygens (including phenoxy) is 2. The van der Waals surface area contributed by atoms with E-state index in [1.165, 1.54) is 0 Å². The van der Waals surface area contributed by atoms with Crippen LogP contribution in [0.2, 0.25) is 0 Å². The highest BCUT2D eigenvalue weighted by Crippen LogP contribution is 2.25. The van der Waals surface area contributed by atoms with E-state index in [0.29, 0.717) is 24.8 Å². The van der Waals surface area contributed by atoms with E-state index in [9.17, 15) is 9.59 Å². The van der Waals surface area contributed by atoms with Crippen LogP contribution in [0.5, 0.6) is 0 Å². The lowest BCUT2D eigenvalue weighted by atomic mass is 9.93. The number of methoxy groups -OCH3 is 1. The largest absolute Gasteiger partial charge is 0.501 e. The number of aryl methyl sites for hydroxylation is 1. The SMILES string of the molecule is C/C=C\C=C(/OC)C(C)(C)C.CCC(=O)CCc1ccc(NC(=O)C2=CCC=C(OC3CCN(CC)CC3)C=C2)cc1.[HH].[HH]. The zero-order valence-electron chi connectivity index (χ0n) is 26.9. The lowest BCUT2D eigenvalue weighted by Crippen LogP contribution is -2.36. The van der Waals surface area contributed by atoms with Gasteiger partial charge in [0, 0.05) is 45.5 Å². The van der Waals surface area contributed by atoms with Gasteiger partial charge in [-0.15, -0.1) is 0 Å². The second kappa shape index (κ2) is 18.2. The molecule has 42 heavy (non-hydrogen) atoms.